The highest BCUT2D eigenvalue weighted by molar-refractivity contribution is 5.33. The molecule has 1 aromatic rings. The first kappa shape index (κ1) is 12.1. The Morgan fingerprint density at radius 3 is 2.73 bits per heavy atom. The van der Waals surface area contributed by atoms with Crippen LogP contribution in [0.1, 0.15) is 32.3 Å². The van der Waals surface area contributed by atoms with Gasteiger partial charge in [-0.05, 0) is 25.0 Å². The van der Waals surface area contributed by atoms with Crippen molar-refractivity contribution in [3.63, 3.8) is 0 Å². The lowest BCUT2D eigenvalue weighted by Crippen LogP contribution is -2.07. The number of rotatable bonds is 6. The molecule has 0 aliphatic heterocycles. The van der Waals surface area contributed by atoms with Gasteiger partial charge in [-0.15, -0.1) is 0 Å². The van der Waals surface area contributed by atoms with Crippen molar-refractivity contribution in [1.29, 1.82) is 0 Å². The quantitative estimate of drug-likeness (QED) is 0.728. The molecule has 1 aromatic carbocycles. The summed E-state index contributed by atoms with van der Waals surface area (Å²) in [5.74, 6) is 0.909. The van der Waals surface area contributed by atoms with Crippen molar-refractivity contribution in [3.05, 3.63) is 29.8 Å². The van der Waals surface area contributed by atoms with Crippen molar-refractivity contribution < 1.29 is 9.84 Å². The summed E-state index contributed by atoms with van der Waals surface area (Å²) in [6.07, 6.45) is 2.55. The van der Waals surface area contributed by atoms with Crippen LogP contribution in [0.4, 0.5) is 0 Å². The van der Waals surface area contributed by atoms with Gasteiger partial charge in [-0.25, -0.2) is 0 Å². The van der Waals surface area contributed by atoms with E-state index in [0.717, 1.165) is 30.8 Å². The summed E-state index contributed by atoms with van der Waals surface area (Å²) in [6.45, 7) is 4.70. The Bertz CT molecular complexity index is 282. The smallest absolute Gasteiger partial charge is 0.122 e. The van der Waals surface area contributed by atoms with Gasteiger partial charge in [0.05, 0.1) is 12.7 Å². The molecule has 0 bridgehead atoms. The van der Waals surface area contributed by atoms with Gasteiger partial charge in [-0.3, -0.25) is 0 Å². The molecule has 0 fully saturated rings. The molecule has 1 atom stereocenters. The van der Waals surface area contributed by atoms with Crippen LogP contribution in [0.3, 0.4) is 0 Å². The van der Waals surface area contributed by atoms with Gasteiger partial charge in [0.15, 0.2) is 0 Å². The van der Waals surface area contributed by atoms with Gasteiger partial charge in [-0.1, -0.05) is 31.5 Å². The van der Waals surface area contributed by atoms with Gasteiger partial charge in [0.25, 0.3) is 0 Å². The zero-order valence-corrected chi connectivity index (χ0v) is 9.57. The molecule has 1 unspecified atom stereocenters. The summed E-state index contributed by atoms with van der Waals surface area (Å²) in [5, 5.41) is 9.35. The van der Waals surface area contributed by atoms with E-state index in [2.05, 4.69) is 6.92 Å². The minimum absolute atomic E-state index is 0.319. The van der Waals surface area contributed by atoms with Gasteiger partial charge in [-0.2, -0.15) is 0 Å². The summed E-state index contributed by atoms with van der Waals surface area (Å²) in [6, 6.07) is 7.92. The molecular weight excluding hydrogens is 188 g/mol. The highest BCUT2D eigenvalue weighted by Crippen LogP contribution is 2.19. The van der Waals surface area contributed by atoms with E-state index in [0.29, 0.717) is 6.42 Å². The molecule has 2 heteroatoms. The highest BCUT2D eigenvalue weighted by atomic mass is 16.5. The summed E-state index contributed by atoms with van der Waals surface area (Å²) < 4.78 is 5.67. The molecule has 0 heterocycles. The van der Waals surface area contributed by atoms with Crippen molar-refractivity contribution >= 4 is 0 Å². The van der Waals surface area contributed by atoms with Crippen molar-refractivity contribution in [2.45, 2.75) is 39.2 Å². The Balaban J connectivity index is 2.60. The molecule has 0 saturated heterocycles. The number of ether oxygens (including phenoxy) is 1. The fourth-order valence-electron chi connectivity index (χ4n) is 1.46. The van der Waals surface area contributed by atoms with Gasteiger partial charge < -0.3 is 9.84 Å². The SMILES string of the molecule is CCCCOc1ccccc1CC(C)O. The maximum Gasteiger partial charge on any atom is 0.122 e. The predicted molar refractivity (Wildman–Crippen MR) is 62.2 cm³/mol. The van der Waals surface area contributed by atoms with Crippen LogP contribution in [-0.2, 0) is 6.42 Å². The van der Waals surface area contributed by atoms with Crippen LogP contribution >= 0.6 is 0 Å². The zero-order valence-electron chi connectivity index (χ0n) is 9.57. The Kier molecular flexibility index (Phi) is 5.19. The first-order valence-electron chi connectivity index (χ1n) is 5.62. The fraction of sp³-hybridized carbons (Fsp3) is 0.538. The van der Waals surface area contributed by atoms with E-state index in [1.807, 2.05) is 24.3 Å². The third-order valence-corrected chi connectivity index (χ3v) is 2.24. The van der Waals surface area contributed by atoms with Crippen LogP contribution in [0.2, 0.25) is 0 Å². The number of hydrogen-bond acceptors (Lipinski definition) is 2. The Morgan fingerprint density at radius 1 is 1.33 bits per heavy atom. The van der Waals surface area contributed by atoms with Crippen molar-refractivity contribution in [2.24, 2.45) is 0 Å². The van der Waals surface area contributed by atoms with Crippen molar-refractivity contribution in [3.8, 4) is 5.75 Å². The second kappa shape index (κ2) is 6.46. The second-order valence-corrected chi connectivity index (χ2v) is 3.86. The van der Waals surface area contributed by atoms with E-state index in [1.54, 1.807) is 6.92 Å². The molecular formula is C13H20O2. The summed E-state index contributed by atoms with van der Waals surface area (Å²) in [7, 11) is 0. The maximum absolute atomic E-state index is 9.35. The van der Waals surface area contributed by atoms with E-state index in [1.165, 1.54) is 0 Å². The maximum atomic E-state index is 9.35. The summed E-state index contributed by atoms with van der Waals surface area (Å²) in [4.78, 5) is 0. The molecule has 0 radical (unpaired) electrons. The Labute approximate surface area is 91.9 Å². The molecule has 0 spiro atoms. The molecule has 0 aliphatic carbocycles. The van der Waals surface area contributed by atoms with Crippen LogP contribution in [0, 0.1) is 0 Å². The largest absolute Gasteiger partial charge is 0.493 e. The molecule has 0 saturated carbocycles. The van der Waals surface area contributed by atoms with Crippen molar-refractivity contribution in [2.75, 3.05) is 6.61 Å². The summed E-state index contributed by atoms with van der Waals surface area (Å²) >= 11 is 0. The zero-order chi connectivity index (χ0) is 11.1. The highest BCUT2D eigenvalue weighted by Gasteiger charge is 2.05. The lowest BCUT2D eigenvalue weighted by atomic mass is 10.1. The van der Waals surface area contributed by atoms with E-state index < -0.39 is 0 Å². The fourth-order valence-corrected chi connectivity index (χ4v) is 1.46. The van der Waals surface area contributed by atoms with E-state index in [-0.39, 0.29) is 6.10 Å². The van der Waals surface area contributed by atoms with E-state index >= 15 is 0 Å². The van der Waals surface area contributed by atoms with Gasteiger partial charge in [0.1, 0.15) is 5.75 Å². The monoisotopic (exact) mass is 208 g/mol. The number of hydrogen-bond donors (Lipinski definition) is 1. The predicted octanol–water partition coefficient (Wildman–Crippen LogP) is 2.79. The Hall–Kier alpha value is -1.02. The van der Waals surface area contributed by atoms with E-state index in [9.17, 15) is 5.11 Å². The first-order valence-corrected chi connectivity index (χ1v) is 5.62. The minimum atomic E-state index is -0.319. The molecule has 1 N–H and O–H groups in total. The van der Waals surface area contributed by atoms with Crippen molar-refractivity contribution in [1.82, 2.24) is 0 Å². The molecule has 0 aliphatic rings. The molecule has 84 valence electrons. The molecule has 0 amide bonds. The average Bonchev–Trinajstić information content (AvgIpc) is 2.20. The normalized spacial score (nSPS) is 12.5. The van der Waals surface area contributed by atoms with Crippen LogP contribution in [0.5, 0.6) is 5.75 Å². The number of aliphatic hydroxyl groups excluding tert-OH is 1. The topological polar surface area (TPSA) is 29.5 Å². The first-order chi connectivity index (χ1) is 7.24. The van der Waals surface area contributed by atoms with Crippen LogP contribution < -0.4 is 4.74 Å². The lowest BCUT2D eigenvalue weighted by molar-refractivity contribution is 0.193. The molecule has 0 aromatic heterocycles. The van der Waals surface area contributed by atoms with E-state index in [4.69, 9.17) is 4.74 Å². The van der Waals surface area contributed by atoms with Crippen LogP contribution in [0.25, 0.3) is 0 Å². The number of para-hydroxylation sites is 1. The van der Waals surface area contributed by atoms with Gasteiger partial charge in [0.2, 0.25) is 0 Å². The standard InChI is InChI=1S/C13H20O2/c1-3-4-9-15-13-8-6-5-7-12(13)10-11(2)14/h5-8,11,14H,3-4,9-10H2,1-2H3. The van der Waals surface area contributed by atoms with Gasteiger partial charge >= 0.3 is 0 Å². The van der Waals surface area contributed by atoms with Crippen LogP contribution in [0.15, 0.2) is 24.3 Å². The summed E-state index contributed by atoms with van der Waals surface area (Å²) in [5.41, 5.74) is 1.09. The van der Waals surface area contributed by atoms with Gasteiger partial charge in [0, 0.05) is 6.42 Å². The third kappa shape index (κ3) is 4.34. The average molecular weight is 208 g/mol. The second-order valence-electron chi connectivity index (χ2n) is 3.86. The number of benzene rings is 1. The lowest BCUT2D eigenvalue weighted by Gasteiger charge is -2.12. The molecule has 1 rings (SSSR count). The third-order valence-electron chi connectivity index (χ3n) is 2.24. The minimum Gasteiger partial charge on any atom is -0.493 e. The Morgan fingerprint density at radius 2 is 2.07 bits per heavy atom. The number of unbranched alkanes of at least 4 members (excludes halogenated alkanes) is 1. The molecule has 15 heavy (non-hydrogen) atoms. The number of aliphatic hydroxyl groups is 1. The van der Waals surface area contributed by atoms with Crippen LogP contribution in [-0.4, -0.2) is 17.8 Å². The molecule has 2 nitrogen and oxygen atoms in total.